The third kappa shape index (κ3) is 31.6. The SMILES string of the molecule is CCCCCCCCOS(=O)(=O)O.CCO.[Ca+2].[H-].[H-]. The molecule has 7 heteroatoms. The van der Waals surface area contributed by atoms with E-state index in [1.165, 1.54) is 19.3 Å². The molecule has 0 saturated heterocycles. The molecule has 0 aliphatic carbocycles. The number of hydrogen-bond donors (Lipinski definition) is 2. The second kappa shape index (κ2) is 17.1. The predicted octanol–water partition coefficient (Wildman–Crippen LogP) is 2.01. The Morgan fingerprint density at radius 2 is 1.47 bits per heavy atom. The Bertz CT molecular complexity index is 228. The topological polar surface area (TPSA) is 83.8 Å². The molecule has 0 spiro atoms. The van der Waals surface area contributed by atoms with E-state index in [1.54, 1.807) is 6.92 Å². The van der Waals surface area contributed by atoms with Gasteiger partial charge in [0.05, 0.1) is 6.61 Å². The number of hydrogen-bond acceptors (Lipinski definition) is 4. The number of aliphatic hydroxyl groups excluding tert-OH is 1. The minimum absolute atomic E-state index is 0. The van der Waals surface area contributed by atoms with Gasteiger partial charge in [-0.25, -0.2) is 4.18 Å². The zero-order chi connectivity index (χ0) is 12.9. The molecule has 0 aromatic heterocycles. The molecule has 0 unspecified atom stereocenters. The van der Waals surface area contributed by atoms with Gasteiger partial charge in [-0.1, -0.05) is 39.0 Å². The first-order valence-electron chi connectivity index (χ1n) is 5.70. The van der Waals surface area contributed by atoms with Crippen LogP contribution in [0, 0.1) is 0 Å². The van der Waals surface area contributed by atoms with Gasteiger partial charge < -0.3 is 7.96 Å². The molecule has 2 N–H and O–H groups in total. The molecular formula is C10H26CaO5S. The fourth-order valence-electron chi connectivity index (χ4n) is 1.05. The van der Waals surface area contributed by atoms with E-state index in [9.17, 15) is 8.42 Å². The maximum atomic E-state index is 10.1. The largest absolute Gasteiger partial charge is 2.00 e. The average molecular weight is 298 g/mol. The van der Waals surface area contributed by atoms with Crippen molar-refractivity contribution in [2.45, 2.75) is 52.4 Å². The molecule has 0 aromatic carbocycles. The van der Waals surface area contributed by atoms with Crippen molar-refractivity contribution in [1.82, 2.24) is 0 Å². The average Bonchev–Trinajstić information content (AvgIpc) is 2.16. The Kier molecular flexibility index (Phi) is 23.3. The molecule has 0 heterocycles. The Morgan fingerprint density at radius 1 is 1.06 bits per heavy atom. The summed E-state index contributed by atoms with van der Waals surface area (Å²) < 4.78 is 32.6. The van der Waals surface area contributed by atoms with Crippen molar-refractivity contribution in [3.05, 3.63) is 0 Å². The van der Waals surface area contributed by atoms with Crippen molar-refractivity contribution in [1.29, 1.82) is 0 Å². The van der Waals surface area contributed by atoms with Crippen LogP contribution in [0.1, 0.15) is 55.2 Å². The Morgan fingerprint density at radius 3 is 1.88 bits per heavy atom. The van der Waals surface area contributed by atoms with Crippen molar-refractivity contribution < 1.29 is 25.1 Å². The maximum Gasteiger partial charge on any atom is 2.00 e. The predicted molar refractivity (Wildman–Crippen MR) is 71.6 cm³/mol. The monoisotopic (exact) mass is 298 g/mol. The van der Waals surface area contributed by atoms with Gasteiger partial charge in [0.1, 0.15) is 0 Å². The third-order valence-corrected chi connectivity index (χ3v) is 2.19. The smallest absolute Gasteiger partial charge is 1.00 e. The summed E-state index contributed by atoms with van der Waals surface area (Å²) in [5.74, 6) is 0. The first-order chi connectivity index (χ1) is 7.47. The van der Waals surface area contributed by atoms with E-state index in [0.717, 1.165) is 12.8 Å². The molecule has 5 nitrogen and oxygen atoms in total. The quantitative estimate of drug-likeness (QED) is 0.407. The Balaban J connectivity index is -0.0000000992. The van der Waals surface area contributed by atoms with Crippen LogP contribution < -0.4 is 0 Å². The second-order valence-electron chi connectivity index (χ2n) is 3.33. The van der Waals surface area contributed by atoms with E-state index in [0.29, 0.717) is 6.42 Å². The summed E-state index contributed by atoms with van der Waals surface area (Å²) in [6, 6.07) is 0. The van der Waals surface area contributed by atoms with Gasteiger partial charge in [0.2, 0.25) is 0 Å². The fraction of sp³-hybridized carbons (Fsp3) is 1.00. The van der Waals surface area contributed by atoms with Crippen molar-refractivity contribution in [3.63, 3.8) is 0 Å². The van der Waals surface area contributed by atoms with Gasteiger partial charge in [-0.2, -0.15) is 8.42 Å². The minimum Gasteiger partial charge on any atom is -1.00 e. The van der Waals surface area contributed by atoms with Gasteiger partial charge in [0.25, 0.3) is 0 Å². The van der Waals surface area contributed by atoms with Crippen molar-refractivity contribution >= 4 is 48.1 Å². The molecular weight excluding hydrogens is 272 g/mol. The number of unbranched alkanes of at least 4 members (excludes halogenated alkanes) is 5. The summed E-state index contributed by atoms with van der Waals surface area (Å²) in [5.41, 5.74) is 0. The Hall–Kier alpha value is 1.09. The molecule has 0 amide bonds. The number of aliphatic hydroxyl groups is 1. The van der Waals surface area contributed by atoms with Gasteiger partial charge in [-0.05, 0) is 13.3 Å². The summed E-state index contributed by atoms with van der Waals surface area (Å²) >= 11 is 0. The molecule has 17 heavy (non-hydrogen) atoms. The molecule has 0 aromatic rings. The fourth-order valence-corrected chi connectivity index (χ4v) is 1.38. The third-order valence-electron chi connectivity index (χ3n) is 1.73. The second-order valence-corrected chi connectivity index (χ2v) is 4.42. The van der Waals surface area contributed by atoms with E-state index < -0.39 is 10.4 Å². The van der Waals surface area contributed by atoms with Crippen LogP contribution in [0.2, 0.25) is 0 Å². The first-order valence-corrected chi connectivity index (χ1v) is 7.07. The standard InChI is InChI=1S/C8H18O4S.C2H6O.Ca.2H/c1-2-3-4-5-6-7-8-12-13(9,10)11;1-2-3;;;/h2-8H2,1H3,(H,9,10,11);3H,2H2,1H3;;;/q;;+2;2*-1. The molecule has 0 aliphatic rings. The van der Waals surface area contributed by atoms with Crippen LogP contribution in [0.25, 0.3) is 0 Å². The van der Waals surface area contributed by atoms with Gasteiger partial charge in [0.15, 0.2) is 0 Å². The first kappa shape index (κ1) is 23.2. The van der Waals surface area contributed by atoms with Crippen LogP contribution in [0.4, 0.5) is 0 Å². The van der Waals surface area contributed by atoms with E-state index in [4.69, 9.17) is 9.66 Å². The molecule has 0 aliphatic heterocycles. The molecule has 0 atom stereocenters. The van der Waals surface area contributed by atoms with Gasteiger partial charge in [0, 0.05) is 6.61 Å². The zero-order valence-electron chi connectivity index (χ0n) is 12.9. The molecule has 0 rings (SSSR count). The van der Waals surface area contributed by atoms with Crippen LogP contribution in [0.15, 0.2) is 0 Å². The molecule has 104 valence electrons. The van der Waals surface area contributed by atoms with Crippen LogP contribution in [-0.2, 0) is 14.6 Å². The summed E-state index contributed by atoms with van der Waals surface area (Å²) in [6.45, 7) is 4.16. The molecule has 0 fully saturated rings. The summed E-state index contributed by atoms with van der Waals surface area (Å²) in [5, 5.41) is 7.57. The van der Waals surface area contributed by atoms with Crippen LogP contribution in [-0.4, -0.2) is 69.0 Å². The van der Waals surface area contributed by atoms with Crippen LogP contribution in [0.5, 0.6) is 0 Å². The molecule has 0 saturated carbocycles. The summed E-state index contributed by atoms with van der Waals surface area (Å²) in [4.78, 5) is 0. The summed E-state index contributed by atoms with van der Waals surface area (Å²) in [6.07, 6.45) is 6.34. The van der Waals surface area contributed by atoms with Crippen LogP contribution >= 0.6 is 0 Å². The molecule has 0 bridgehead atoms. The molecule has 0 radical (unpaired) electrons. The van der Waals surface area contributed by atoms with E-state index in [2.05, 4.69) is 11.1 Å². The normalized spacial score (nSPS) is 10.1. The van der Waals surface area contributed by atoms with Crippen molar-refractivity contribution in [2.75, 3.05) is 13.2 Å². The van der Waals surface area contributed by atoms with E-state index in [-0.39, 0.29) is 53.8 Å². The van der Waals surface area contributed by atoms with E-state index in [1.807, 2.05) is 0 Å². The minimum atomic E-state index is -4.22. The van der Waals surface area contributed by atoms with Gasteiger partial charge in [-0.3, -0.25) is 4.55 Å². The Labute approximate surface area is 138 Å². The van der Waals surface area contributed by atoms with Crippen molar-refractivity contribution in [3.8, 4) is 0 Å². The number of rotatable bonds is 8. The van der Waals surface area contributed by atoms with Gasteiger partial charge >= 0.3 is 48.1 Å². The van der Waals surface area contributed by atoms with Crippen LogP contribution in [0.3, 0.4) is 0 Å². The van der Waals surface area contributed by atoms with Crippen molar-refractivity contribution in [2.24, 2.45) is 0 Å². The maximum absolute atomic E-state index is 10.1. The van der Waals surface area contributed by atoms with E-state index >= 15 is 0 Å². The zero-order valence-corrected chi connectivity index (χ0v) is 13.9. The summed E-state index contributed by atoms with van der Waals surface area (Å²) in [7, 11) is -4.22. The van der Waals surface area contributed by atoms with Gasteiger partial charge in [-0.15, -0.1) is 0 Å².